The zero-order chi connectivity index (χ0) is 16.3. The number of carbonyl (C=O) groups is 1. The van der Waals surface area contributed by atoms with E-state index in [0.29, 0.717) is 0 Å². The first-order valence-corrected chi connectivity index (χ1v) is 7.58. The van der Waals surface area contributed by atoms with E-state index in [1.165, 1.54) is 12.1 Å². The van der Waals surface area contributed by atoms with Gasteiger partial charge >= 0.3 is 5.76 Å². The van der Waals surface area contributed by atoms with E-state index in [4.69, 9.17) is 0 Å². The molecule has 8 heteroatoms. The fourth-order valence-electron chi connectivity index (χ4n) is 1.67. The van der Waals surface area contributed by atoms with E-state index in [1.807, 2.05) is 0 Å². The van der Waals surface area contributed by atoms with Gasteiger partial charge in [-0.3, -0.25) is 4.79 Å². The molecule has 0 radical (unpaired) electrons. The number of hydrogen-bond acceptors (Lipinski definition) is 4. The SMILES string of the molecule is O=C(Nc1ccccc1O)c1ccc(S(=O)(=O)C(F)F)cc1. The molecule has 2 aromatic carbocycles. The van der Waals surface area contributed by atoms with Crippen LogP contribution in [0.1, 0.15) is 10.4 Å². The maximum absolute atomic E-state index is 12.4. The Labute approximate surface area is 125 Å². The molecule has 2 N–H and O–H groups in total. The van der Waals surface area contributed by atoms with E-state index in [0.717, 1.165) is 24.3 Å². The minimum Gasteiger partial charge on any atom is -0.506 e. The van der Waals surface area contributed by atoms with Crippen LogP contribution in [-0.2, 0) is 9.84 Å². The Bertz CT molecular complexity index is 789. The first-order valence-electron chi connectivity index (χ1n) is 6.04. The molecule has 22 heavy (non-hydrogen) atoms. The number of alkyl halides is 2. The second kappa shape index (κ2) is 6.10. The van der Waals surface area contributed by atoms with Crippen molar-refractivity contribution < 1.29 is 27.1 Å². The Hall–Kier alpha value is -2.48. The summed E-state index contributed by atoms with van der Waals surface area (Å²) in [6.07, 6.45) is 0. The van der Waals surface area contributed by atoms with Crippen LogP contribution in [0.2, 0.25) is 0 Å². The third-order valence-electron chi connectivity index (χ3n) is 2.83. The quantitative estimate of drug-likeness (QED) is 0.846. The molecule has 0 spiro atoms. The molecule has 2 rings (SSSR count). The van der Waals surface area contributed by atoms with Crippen LogP contribution < -0.4 is 5.32 Å². The Morgan fingerprint density at radius 2 is 1.64 bits per heavy atom. The average molecular weight is 327 g/mol. The van der Waals surface area contributed by atoms with Gasteiger partial charge in [0.15, 0.2) is 0 Å². The topological polar surface area (TPSA) is 83.5 Å². The molecule has 0 unspecified atom stereocenters. The monoisotopic (exact) mass is 327 g/mol. The Kier molecular flexibility index (Phi) is 4.41. The van der Waals surface area contributed by atoms with Crippen LogP contribution in [0.4, 0.5) is 14.5 Å². The van der Waals surface area contributed by atoms with Gasteiger partial charge in [0.25, 0.3) is 5.91 Å². The largest absolute Gasteiger partial charge is 0.506 e. The van der Waals surface area contributed by atoms with Crippen LogP contribution in [0.25, 0.3) is 0 Å². The highest BCUT2D eigenvalue weighted by Gasteiger charge is 2.26. The van der Waals surface area contributed by atoms with Crippen LogP contribution in [0.15, 0.2) is 53.4 Å². The average Bonchev–Trinajstić information content (AvgIpc) is 2.49. The third-order valence-corrected chi connectivity index (χ3v) is 4.23. The van der Waals surface area contributed by atoms with Gasteiger partial charge in [0, 0.05) is 5.56 Å². The maximum Gasteiger partial charge on any atom is 0.341 e. The molecule has 0 aliphatic carbocycles. The number of phenolic OH excluding ortho intramolecular Hbond substituents is 1. The third kappa shape index (κ3) is 3.22. The Morgan fingerprint density at radius 3 is 2.18 bits per heavy atom. The van der Waals surface area contributed by atoms with Crippen molar-refractivity contribution in [2.24, 2.45) is 0 Å². The molecule has 0 saturated heterocycles. The van der Waals surface area contributed by atoms with E-state index in [1.54, 1.807) is 12.1 Å². The number of sulfone groups is 1. The zero-order valence-electron chi connectivity index (χ0n) is 11.0. The molecule has 0 aliphatic rings. The Morgan fingerprint density at radius 1 is 1.05 bits per heavy atom. The number of phenols is 1. The number of amides is 1. The van der Waals surface area contributed by atoms with Crippen LogP contribution in [0.5, 0.6) is 5.75 Å². The number of para-hydroxylation sites is 2. The number of aromatic hydroxyl groups is 1. The van der Waals surface area contributed by atoms with Crippen LogP contribution in [-0.4, -0.2) is 25.2 Å². The summed E-state index contributed by atoms with van der Waals surface area (Å²) in [7, 11) is -4.69. The van der Waals surface area contributed by atoms with Crippen molar-refractivity contribution in [1.82, 2.24) is 0 Å². The smallest absolute Gasteiger partial charge is 0.341 e. The predicted molar refractivity (Wildman–Crippen MR) is 75.7 cm³/mol. The number of anilines is 1. The van der Waals surface area contributed by atoms with Crippen LogP contribution >= 0.6 is 0 Å². The van der Waals surface area contributed by atoms with Crippen molar-refractivity contribution in [2.45, 2.75) is 10.7 Å². The van der Waals surface area contributed by atoms with Gasteiger partial charge in [0.2, 0.25) is 9.84 Å². The highest BCUT2D eigenvalue weighted by molar-refractivity contribution is 7.91. The van der Waals surface area contributed by atoms with E-state index in [9.17, 15) is 27.1 Å². The molecule has 0 atom stereocenters. The van der Waals surface area contributed by atoms with Crippen molar-refractivity contribution in [3.8, 4) is 5.75 Å². The summed E-state index contributed by atoms with van der Waals surface area (Å²) < 4.78 is 47.3. The predicted octanol–water partition coefficient (Wildman–Crippen LogP) is 2.64. The van der Waals surface area contributed by atoms with Gasteiger partial charge in [-0.2, -0.15) is 8.78 Å². The lowest BCUT2D eigenvalue weighted by Crippen LogP contribution is -2.14. The highest BCUT2D eigenvalue weighted by Crippen LogP contribution is 2.23. The molecule has 2 aromatic rings. The molecular weight excluding hydrogens is 316 g/mol. The number of hydrogen-bond donors (Lipinski definition) is 2. The molecule has 116 valence electrons. The fraction of sp³-hybridized carbons (Fsp3) is 0.0714. The van der Waals surface area contributed by atoms with Crippen molar-refractivity contribution in [2.75, 3.05) is 5.32 Å². The van der Waals surface area contributed by atoms with Gasteiger partial charge in [-0.25, -0.2) is 8.42 Å². The minimum atomic E-state index is -4.69. The van der Waals surface area contributed by atoms with E-state index in [2.05, 4.69) is 5.32 Å². The molecule has 0 fully saturated rings. The maximum atomic E-state index is 12.4. The van der Waals surface area contributed by atoms with Crippen LogP contribution in [0, 0.1) is 0 Å². The number of benzene rings is 2. The molecule has 0 aromatic heterocycles. The van der Waals surface area contributed by atoms with Crippen LogP contribution in [0.3, 0.4) is 0 Å². The zero-order valence-corrected chi connectivity index (χ0v) is 11.8. The van der Waals surface area contributed by atoms with E-state index < -0.39 is 26.4 Å². The van der Waals surface area contributed by atoms with Gasteiger partial charge in [-0.15, -0.1) is 0 Å². The van der Waals surface area contributed by atoms with Crippen molar-refractivity contribution >= 4 is 21.4 Å². The summed E-state index contributed by atoms with van der Waals surface area (Å²) in [5.74, 6) is -4.26. The summed E-state index contributed by atoms with van der Waals surface area (Å²) in [6.45, 7) is 0. The summed E-state index contributed by atoms with van der Waals surface area (Å²) >= 11 is 0. The normalized spacial score (nSPS) is 11.4. The van der Waals surface area contributed by atoms with E-state index >= 15 is 0 Å². The van der Waals surface area contributed by atoms with Gasteiger partial charge in [-0.05, 0) is 36.4 Å². The lowest BCUT2D eigenvalue weighted by Gasteiger charge is -2.08. The van der Waals surface area contributed by atoms with Gasteiger partial charge in [-0.1, -0.05) is 12.1 Å². The molecular formula is C14H11F2NO4S. The number of carbonyl (C=O) groups excluding carboxylic acids is 1. The van der Waals surface area contributed by atoms with Gasteiger partial charge in [0.05, 0.1) is 10.6 Å². The Balaban J connectivity index is 2.21. The number of rotatable bonds is 4. The van der Waals surface area contributed by atoms with Crippen molar-refractivity contribution in [1.29, 1.82) is 0 Å². The van der Waals surface area contributed by atoms with Crippen molar-refractivity contribution in [3.05, 3.63) is 54.1 Å². The fourth-order valence-corrected chi connectivity index (χ4v) is 2.39. The summed E-state index contributed by atoms with van der Waals surface area (Å²) in [5.41, 5.74) is 0.244. The molecule has 1 amide bonds. The van der Waals surface area contributed by atoms with Crippen molar-refractivity contribution in [3.63, 3.8) is 0 Å². The number of halogens is 2. The molecule has 5 nitrogen and oxygen atoms in total. The summed E-state index contributed by atoms with van der Waals surface area (Å²) in [4.78, 5) is 11.4. The molecule has 0 saturated carbocycles. The first kappa shape index (κ1) is 15.9. The lowest BCUT2D eigenvalue weighted by molar-refractivity contribution is 0.102. The second-order valence-electron chi connectivity index (χ2n) is 4.30. The van der Waals surface area contributed by atoms with Gasteiger partial charge < -0.3 is 10.4 Å². The summed E-state index contributed by atoms with van der Waals surface area (Å²) in [5, 5.41) is 12.0. The standard InChI is InChI=1S/C14H11F2NO4S/c15-14(16)22(20,21)10-7-5-9(6-8-10)13(19)17-11-3-1-2-4-12(11)18/h1-8,14,18H,(H,17,19). The number of nitrogens with one attached hydrogen (secondary N) is 1. The molecule has 0 bridgehead atoms. The summed E-state index contributed by atoms with van der Waals surface area (Å²) in [6, 6.07) is 10.1. The molecule has 0 aliphatic heterocycles. The van der Waals surface area contributed by atoms with E-state index in [-0.39, 0.29) is 17.0 Å². The molecule has 0 heterocycles. The highest BCUT2D eigenvalue weighted by atomic mass is 32.2. The lowest BCUT2D eigenvalue weighted by atomic mass is 10.2. The van der Waals surface area contributed by atoms with Gasteiger partial charge in [0.1, 0.15) is 5.75 Å². The minimum absolute atomic E-state index is 0.0662. The second-order valence-corrected chi connectivity index (χ2v) is 6.22. The first-order chi connectivity index (χ1) is 10.3.